The Morgan fingerprint density at radius 3 is 1.37 bits per heavy atom. The Morgan fingerprint density at radius 2 is 1.00 bits per heavy atom. The SMILES string of the molecule is O=C(Nn1cnnc1)C(F)(F)C(F)(F)C(F)(F)C(F)(F)C(F)(F)C(F)(F)C(F)(F)Cl. The summed E-state index contributed by atoms with van der Waals surface area (Å²) in [6, 6.07) is 0. The maximum Gasteiger partial charge on any atom is 0.394 e. The van der Waals surface area contributed by atoms with Crippen LogP contribution in [0.5, 0.6) is 0 Å². The number of hydrogen-bond donors (Lipinski definition) is 1. The molecule has 0 aromatic carbocycles. The number of halogens is 15. The molecule has 0 unspecified atom stereocenters. The molecule has 1 amide bonds. The second-order valence-electron chi connectivity index (χ2n) is 5.25. The highest BCUT2D eigenvalue weighted by Gasteiger charge is 2.93. The molecule has 0 radical (unpaired) electrons. The lowest BCUT2D eigenvalue weighted by Gasteiger charge is -2.41. The van der Waals surface area contributed by atoms with Crippen LogP contribution in [0.4, 0.5) is 61.5 Å². The van der Waals surface area contributed by atoms with E-state index in [0.29, 0.717) is 5.43 Å². The smallest absolute Gasteiger partial charge is 0.266 e. The summed E-state index contributed by atoms with van der Waals surface area (Å²) in [5.41, 5.74) is 0.653. The number of hydrogen-bond acceptors (Lipinski definition) is 3. The van der Waals surface area contributed by atoms with E-state index in [1.165, 1.54) is 0 Å². The summed E-state index contributed by atoms with van der Waals surface area (Å²) in [5.74, 6) is -50.7. The molecule has 0 spiro atoms. The first-order valence-corrected chi connectivity index (χ1v) is 6.87. The third-order valence-electron chi connectivity index (χ3n) is 3.26. The minimum atomic E-state index is -8.30. The topological polar surface area (TPSA) is 59.8 Å². The maximum atomic E-state index is 13.5. The van der Waals surface area contributed by atoms with E-state index in [2.05, 4.69) is 21.8 Å². The molecule has 1 aromatic rings. The van der Waals surface area contributed by atoms with Gasteiger partial charge in [-0.05, 0) is 11.6 Å². The van der Waals surface area contributed by atoms with Crippen molar-refractivity contribution in [3.05, 3.63) is 12.7 Å². The molecule has 0 aliphatic heterocycles. The molecular formula is C10H3ClF14N4O. The molecule has 0 saturated heterocycles. The summed E-state index contributed by atoms with van der Waals surface area (Å²) in [4.78, 5) is 11.1. The largest absolute Gasteiger partial charge is 0.394 e. The molecule has 5 nitrogen and oxygen atoms in total. The normalized spacial score (nSPS) is 15.3. The third kappa shape index (κ3) is 3.39. The molecule has 0 atom stereocenters. The van der Waals surface area contributed by atoms with Gasteiger partial charge in [-0.1, -0.05) is 0 Å². The van der Waals surface area contributed by atoms with Crippen molar-refractivity contribution in [3.63, 3.8) is 0 Å². The van der Waals surface area contributed by atoms with Crippen molar-refractivity contribution in [2.45, 2.75) is 40.9 Å². The van der Waals surface area contributed by atoms with E-state index >= 15 is 0 Å². The van der Waals surface area contributed by atoms with Crippen LogP contribution in [0.1, 0.15) is 0 Å². The number of alkyl halides is 15. The van der Waals surface area contributed by atoms with Crippen LogP contribution in [-0.4, -0.2) is 61.7 Å². The quantitative estimate of drug-likeness (QED) is 0.437. The van der Waals surface area contributed by atoms with Crippen LogP contribution in [0.3, 0.4) is 0 Å². The fourth-order valence-electron chi connectivity index (χ4n) is 1.56. The van der Waals surface area contributed by atoms with E-state index < -0.39 is 46.8 Å². The van der Waals surface area contributed by atoms with Crippen LogP contribution in [0.25, 0.3) is 0 Å². The molecule has 30 heavy (non-hydrogen) atoms. The lowest BCUT2D eigenvalue weighted by Crippen LogP contribution is -2.73. The van der Waals surface area contributed by atoms with E-state index in [9.17, 15) is 66.3 Å². The summed E-state index contributed by atoms with van der Waals surface area (Å²) in [7, 11) is 0. The standard InChI is InChI=1S/C10H3ClF14N4O/c11-10(24,25)9(22,23)8(20,21)7(18,19)6(16,17)5(14,15)4(12,13)3(30)28-29-1-26-27-2-29/h1-2H,(H,28,30). The number of aromatic nitrogens is 3. The number of carbonyl (C=O) groups excluding carboxylic acids is 1. The summed E-state index contributed by atoms with van der Waals surface area (Å²) in [5, 5.41) is -1.08. The molecule has 174 valence electrons. The lowest BCUT2D eigenvalue weighted by atomic mass is 9.91. The Bertz CT molecular complexity index is 774. The van der Waals surface area contributed by atoms with Gasteiger partial charge >= 0.3 is 46.8 Å². The Balaban J connectivity index is 3.48. The maximum absolute atomic E-state index is 13.5. The number of nitrogens with zero attached hydrogens (tertiary/aromatic N) is 3. The van der Waals surface area contributed by atoms with Crippen molar-refractivity contribution in [2.24, 2.45) is 0 Å². The highest BCUT2D eigenvalue weighted by molar-refractivity contribution is 6.22. The Hall–Kier alpha value is -2.08. The first-order valence-electron chi connectivity index (χ1n) is 6.50. The average Bonchev–Trinajstić information content (AvgIpc) is 3.05. The molecule has 0 aliphatic carbocycles. The van der Waals surface area contributed by atoms with Crippen molar-refractivity contribution >= 4 is 17.5 Å². The van der Waals surface area contributed by atoms with Gasteiger partial charge in [0.05, 0.1) is 0 Å². The van der Waals surface area contributed by atoms with Crippen molar-refractivity contribution in [3.8, 4) is 0 Å². The zero-order chi connectivity index (χ0) is 24.2. The Kier molecular flexibility index (Phi) is 6.04. The molecule has 1 heterocycles. The van der Waals surface area contributed by atoms with Gasteiger partial charge in [0, 0.05) is 0 Å². The fraction of sp³-hybridized carbons (Fsp3) is 0.700. The Morgan fingerprint density at radius 1 is 0.667 bits per heavy atom. The number of amides is 1. The van der Waals surface area contributed by atoms with Crippen LogP contribution >= 0.6 is 11.6 Å². The van der Waals surface area contributed by atoms with Gasteiger partial charge in [0.2, 0.25) is 0 Å². The van der Waals surface area contributed by atoms with E-state index in [1.54, 1.807) is 0 Å². The van der Waals surface area contributed by atoms with Crippen molar-refractivity contribution in [1.82, 2.24) is 14.9 Å². The van der Waals surface area contributed by atoms with Gasteiger partial charge < -0.3 is 0 Å². The van der Waals surface area contributed by atoms with Crippen molar-refractivity contribution in [2.75, 3.05) is 5.43 Å². The second kappa shape index (κ2) is 6.98. The molecule has 1 N–H and O–H groups in total. The van der Waals surface area contributed by atoms with E-state index in [4.69, 9.17) is 0 Å². The first kappa shape index (κ1) is 26.0. The van der Waals surface area contributed by atoms with Crippen LogP contribution < -0.4 is 5.43 Å². The highest BCUT2D eigenvalue weighted by atomic mass is 35.5. The summed E-state index contributed by atoms with van der Waals surface area (Å²) in [6.45, 7) is 0. The minimum absolute atomic E-state index is 0.112. The third-order valence-corrected chi connectivity index (χ3v) is 3.50. The van der Waals surface area contributed by atoms with Crippen LogP contribution in [-0.2, 0) is 4.79 Å². The molecule has 1 aromatic heterocycles. The van der Waals surface area contributed by atoms with E-state index in [-0.39, 0.29) is 17.3 Å². The molecule has 20 heteroatoms. The van der Waals surface area contributed by atoms with Gasteiger partial charge in [-0.15, -0.1) is 10.2 Å². The average molecular weight is 497 g/mol. The van der Waals surface area contributed by atoms with Gasteiger partial charge in [0.1, 0.15) is 12.7 Å². The highest BCUT2D eigenvalue weighted by Crippen LogP contribution is 2.62. The second-order valence-corrected chi connectivity index (χ2v) is 5.73. The minimum Gasteiger partial charge on any atom is -0.266 e. The monoisotopic (exact) mass is 496 g/mol. The summed E-state index contributed by atoms with van der Waals surface area (Å²) in [6.07, 6.45) is 0.548. The predicted molar refractivity (Wildman–Crippen MR) is 64.9 cm³/mol. The van der Waals surface area contributed by atoms with E-state index in [1.807, 2.05) is 0 Å². The lowest BCUT2D eigenvalue weighted by molar-refractivity contribution is -0.431. The molecule has 0 bridgehead atoms. The van der Waals surface area contributed by atoms with Crippen LogP contribution in [0.15, 0.2) is 12.7 Å². The molecule has 0 aliphatic rings. The molecule has 1 rings (SSSR count). The number of rotatable bonds is 8. The Labute approximate surface area is 158 Å². The van der Waals surface area contributed by atoms with Gasteiger partial charge in [-0.25, -0.2) is 4.68 Å². The zero-order valence-electron chi connectivity index (χ0n) is 13.1. The summed E-state index contributed by atoms with van der Waals surface area (Å²) >= 11 is 3.44. The van der Waals surface area contributed by atoms with Crippen LogP contribution in [0, 0.1) is 0 Å². The molecule has 0 saturated carbocycles. The summed E-state index contributed by atoms with van der Waals surface area (Å²) < 4.78 is 184. The predicted octanol–water partition coefficient (Wildman–Crippen LogP) is 3.99. The first-order chi connectivity index (χ1) is 13.0. The van der Waals surface area contributed by atoms with Crippen LogP contribution in [0.2, 0.25) is 0 Å². The van der Waals surface area contributed by atoms with Crippen molar-refractivity contribution in [1.29, 1.82) is 0 Å². The van der Waals surface area contributed by atoms with E-state index in [0.717, 1.165) is 0 Å². The fourth-order valence-corrected chi connectivity index (χ4v) is 1.67. The van der Waals surface area contributed by atoms with Gasteiger partial charge in [0.25, 0.3) is 0 Å². The molecule has 0 fully saturated rings. The van der Waals surface area contributed by atoms with Gasteiger partial charge in [-0.2, -0.15) is 61.5 Å². The van der Waals surface area contributed by atoms with Gasteiger partial charge in [0.15, 0.2) is 0 Å². The number of carbonyl (C=O) groups is 1. The van der Waals surface area contributed by atoms with Crippen molar-refractivity contribution < 1.29 is 66.3 Å². The number of nitrogens with one attached hydrogen (secondary N) is 1. The van der Waals surface area contributed by atoms with Gasteiger partial charge in [-0.3, -0.25) is 10.2 Å². The molecular weight excluding hydrogens is 494 g/mol. The zero-order valence-corrected chi connectivity index (χ0v) is 13.8.